The second-order valence-electron chi connectivity index (χ2n) is 8.86. The van der Waals surface area contributed by atoms with Gasteiger partial charge in [-0.25, -0.2) is 13.4 Å². The zero-order valence-electron chi connectivity index (χ0n) is 20.1. The lowest BCUT2D eigenvalue weighted by Crippen LogP contribution is -2.40. The number of carbonyl (C=O) groups is 1. The molecule has 1 atom stereocenters. The van der Waals surface area contributed by atoms with Crippen molar-refractivity contribution >= 4 is 21.6 Å². The SMILES string of the molecule is C[C@H]1CN=C(c2ccc(-c3cc(Oc4ccc(S(C)(=O)=O)cc4)cc(C(=O)N4CCOCC4)c3)[nH]2)O1. The average Bonchev–Trinajstić information content (AvgIpc) is 3.53. The molecule has 0 radical (unpaired) electrons. The molecule has 9 nitrogen and oxygen atoms in total. The van der Waals surface area contributed by atoms with Crippen molar-refractivity contribution in [3.63, 3.8) is 0 Å². The van der Waals surface area contributed by atoms with Crippen LogP contribution in [-0.2, 0) is 19.3 Å². The number of rotatable bonds is 6. The number of sulfone groups is 1. The summed E-state index contributed by atoms with van der Waals surface area (Å²) in [5.41, 5.74) is 2.79. The van der Waals surface area contributed by atoms with E-state index in [-0.39, 0.29) is 16.9 Å². The summed E-state index contributed by atoms with van der Waals surface area (Å²) in [5.74, 6) is 1.37. The molecule has 0 spiro atoms. The van der Waals surface area contributed by atoms with Crippen molar-refractivity contribution < 1.29 is 27.4 Å². The summed E-state index contributed by atoms with van der Waals surface area (Å²) >= 11 is 0. The predicted octanol–water partition coefficient (Wildman–Crippen LogP) is 3.52. The van der Waals surface area contributed by atoms with Gasteiger partial charge in [0.2, 0.25) is 5.90 Å². The van der Waals surface area contributed by atoms with Crippen LogP contribution in [0.3, 0.4) is 0 Å². The molecule has 0 saturated carbocycles. The van der Waals surface area contributed by atoms with E-state index in [1.165, 1.54) is 12.1 Å². The van der Waals surface area contributed by atoms with E-state index < -0.39 is 9.84 Å². The van der Waals surface area contributed by atoms with E-state index in [1.807, 2.05) is 31.2 Å². The van der Waals surface area contributed by atoms with Gasteiger partial charge in [-0.15, -0.1) is 0 Å². The van der Waals surface area contributed by atoms with Crippen LogP contribution in [-0.4, -0.2) is 75.3 Å². The largest absolute Gasteiger partial charge is 0.471 e. The Bertz CT molecular complexity index is 1410. The van der Waals surface area contributed by atoms with Gasteiger partial charge in [0.25, 0.3) is 5.91 Å². The molecule has 0 bridgehead atoms. The summed E-state index contributed by atoms with van der Waals surface area (Å²) < 4.78 is 40.7. The maximum Gasteiger partial charge on any atom is 0.254 e. The first-order valence-corrected chi connectivity index (χ1v) is 13.6. The number of hydrogen-bond acceptors (Lipinski definition) is 7. The Hall–Kier alpha value is -3.63. The van der Waals surface area contributed by atoms with Gasteiger partial charge in [0.15, 0.2) is 9.84 Å². The monoisotopic (exact) mass is 509 g/mol. The lowest BCUT2D eigenvalue weighted by atomic mass is 10.1. The number of aromatic nitrogens is 1. The fourth-order valence-electron chi connectivity index (χ4n) is 4.09. The number of nitrogens with zero attached hydrogens (tertiary/aromatic N) is 2. The molecule has 0 aliphatic carbocycles. The van der Waals surface area contributed by atoms with Crippen molar-refractivity contribution in [1.29, 1.82) is 0 Å². The number of aromatic amines is 1. The highest BCUT2D eigenvalue weighted by Crippen LogP contribution is 2.31. The number of aliphatic imine (C=N–C) groups is 1. The summed E-state index contributed by atoms with van der Waals surface area (Å²) in [7, 11) is -3.31. The lowest BCUT2D eigenvalue weighted by molar-refractivity contribution is 0.0303. The number of hydrogen-bond donors (Lipinski definition) is 1. The Morgan fingerprint density at radius 3 is 2.42 bits per heavy atom. The fraction of sp³-hybridized carbons (Fsp3) is 0.308. The third-order valence-electron chi connectivity index (χ3n) is 5.97. The first kappa shape index (κ1) is 24.1. The summed E-state index contributed by atoms with van der Waals surface area (Å²) in [4.78, 5) is 23.0. The second kappa shape index (κ2) is 9.79. The van der Waals surface area contributed by atoms with Gasteiger partial charge in [0.05, 0.1) is 24.7 Å². The van der Waals surface area contributed by atoms with Crippen LogP contribution in [0, 0.1) is 0 Å². The molecule has 2 aliphatic heterocycles. The molecule has 1 fully saturated rings. The van der Waals surface area contributed by atoms with E-state index in [4.69, 9.17) is 14.2 Å². The lowest BCUT2D eigenvalue weighted by Gasteiger charge is -2.27. The van der Waals surface area contributed by atoms with Gasteiger partial charge >= 0.3 is 0 Å². The van der Waals surface area contributed by atoms with Crippen LogP contribution in [0.4, 0.5) is 0 Å². The smallest absolute Gasteiger partial charge is 0.254 e. The van der Waals surface area contributed by atoms with Crippen molar-refractivity contribution in [2.75, 3.05) is 39.1 Å². The van der Waals surface area contributed by atoms with Gasteiger partial charge in [-0.2, -0.15) is 0 Å². The zero-order chi connectivity index (χ0) is 25.3. The van der Waals surface area contributed by atoms with Gasteiger partial charge in [-0.1, -0.05) is 0 Å². The molecule has 2 aromatic carbocycles. The minimum atomic E-state index is -3.31. The molecule has 1 N–H and O–H groups in total. The van der Waals surface area contributed by atoms with Gasteiger partial charge < -0.3 is 24.1 Å². The Balaban J connectivity index is 1.48. The van der Waals surface area contributed by atoms with Gasteiger partial charge in [0.1, 0.15) is 23.3 Å². The molecule has 1 amide bonds. The Kier molecular flexibility index (Phi) is 6.55. The molecule has 36 heavy (non-hydrogen) atoms. The molecular formula is C26H27N3O6S. The molecule has 188 valence electrons. The summed E-state index contributed by atoms with van der Waals surface area (Å²) in [6, 6.07) is 15.3. The normalized spacial score (nSPS) is 18.0. The number of benzene rings is 2. The maximum atomic E-state index is 13.3. The van der Waals surface area contributed by atoms with Crippen LogP contribution in [0.15, 0.2) is 64.5 Å². The van der Waals surface area contributed by atoms with Gasteiger partial charge in [-0.3, -0.25) is 4.79 Å². The molecule has 3 heterocycles. The van der Waals surface area contributed by atoms with Gasteiger partial charge in [0, 0.05) is 36.2 Å². The number of H-pyrrole nitrogens is 1. The molecule has 1 aromatic heterocycles. The topological polar surface area (TPSA) is 110 Å². The van der Waals surface area contributed by atoms with Crippen molar-refractivity contribution in [3.8, 4) is 22.8 Å². The quantitative estimate of drug-likeness (QED) is 0.545. The highest BCUT2D eigenvalue weighted by Gasteiger charge is 2.22. The molecule has 10 heteroatoms. The van der Waals surface area contributed by atoms with Crippen LogP contribution < -0.4 is 4.74 Å². The number of ether oxygens (including phenoxy) is 3. The van der Waals surface area contributed by atoms with Crippen LogP contribution >= 0.6 is 0 Å². The summed E-state index contributed by atoms with van der Waals surface area (Å²) in [6.07, 6.45) is 1.19. The number of amides is 1. The Morgan fingerprint density at radius 1 is 1.03 bits per heavy atom. The Labute approximate surface area is 209 Å². The highest BCUT2D eigenvalue weighted by atomic mass is 32.2. The third kappa shape index (κ3) is 5.29. The number of carbonyl (C=O) groups excluding carboxylic acids is 1. The molecule has 2 aliphatic rings. The standard InChI is InChI=1S/C26H27N3O6S/c1-17-16-27-25(34-17)24-8-7-23(28-24)18-13-19(26(30)29-9-11-33-12-10-29)15-21(14-18)35-20-3-5-22(6-4-20)36(2,31)32/h3-8,13-15,17,28H,9-12,16H2,1-2H3/t17-/m0/s1. The van der Waals surface area contributed by atoms with Crippen LogP contribution in [0.1, 0.15) is 23.0 Å². The molecular weight excluding hydrogens is 482 g/mol. The highest BCUT2D eigenvalue weighted by molar-refractivity contribution is 7.90. The first-order chi connectivity index (χ1) is 17.3. The molecule has 5 rings (SSSR count). The molecule has 0 unspecified atom stereocenters. The van der Waals surface area contributed by atoms with E-state index in [1.54, 1.807) is 23.1 Å². The number of nitrogens with one attached hydrogen (secondary N) is 1. The van der Waals surface area contributed by atoms with E-state index in [9.17, 15) is 13.2 Å². The Morgan fingerprint density at radius 2 is 1.75 bits per heavy atom. The van der Waals surface area contributed by atoms with Crippen molar-refractivity contribution in [2.24, 2.45) is 4.99 Å². The average molecular weight is 510 g/mol. The van der Waals surface area contributed by atoms with E-state index in [0.717, 1.165) is 23.2 Å². The van der Waals surface area contributed by atoms with Crippen molar-refractivity contribution in [2.45, 2.75) is 17.9 Å². The number of morpholine rings is 1. The zero-order valence-corrected chi connectivity index (χ0v) is 20.9. The fourth-order valence-corrected chi connectivity index (χ4v) is 4.72. The van der Waals surface area contributed by atoms with Crippen molar-refractivity contribution in [1.82, 2.24) is 9.88 Å². The van der Waals surface area contributed by atoms with Gasteiger partial charge in [-0.05, 0) is 61.5 Å². The predicted molar refractivity (Wildman–Crippen MR) is 135 cm³/mol. The van der Waals surface area contributed by atoms with Crippen LogP contribution in [0.25, 0.3) is 11.3 Å². The van der Waals surface area contributed by atoms with E-state index in [0.29, 0.717) is 55.8 Å². The minimum absolute atomic E-state index is 0.0373. The van der Waals surface area contributed by atoms with Crippen LogP contribution in [0.5, 0.6) is 11.5 Å². The molecule has 1 saturated heterocycles. The maximum absolute atomic E-state index is 13.3. The van der Waals surface area contributed by atoms with E-state index >= 15 is 0 Å². The minimum Gasteiger partial charge on any atom is -0.471 e. The molecule has 3 aromatic rings. The second-order valence-corrected chi connectivity index (χ2v) is 10.9. The van der Waals surface area contributed by atoms with Crippen LogP contribution in [0.2, 0.25) is 0 Å². The first-order valence-electron chi connectivity index (χ1n) is 11.7. The summed E-state index contributed by atoms with van der Waals surface area (Å²) in [6.45, 7) is 4.63. The van der Waals surface area contributed by atoms with Crippen molar-refractivity contribution in [3.05, 3.63) is 65.9 Å². The summed E-state index contributed by atoms with van der Waals surface area (Å²) in [5, 5.41) is 0. The van der Waals surface area contributed by atoms with E-state index in [2.05, 4.69) is 9.98 Å². The third-order valence-corrected chi connectivity index (χ3v) is 7.10.